The van der Waals surface area contributed by atoms with E-state index >= 15 is 0 Å². The maximum Gasteiger partial charge on any atom is 0.236 e. The number of hydrogen-bond acceptors (Lipinski definition) is 2. The number of amides is 2. The molecule has 0 aromatic heterocycles. The maximum absolute atomic E-state index is 11.9. The van der Waals surface area contributed by atoms with Gasteiger partial charge in [-0.3, -0.25) is 14.5 Å². The second-order valence-corrected chi connectivity index (χ2v) is 4.71. The van der Waals surface area contributed by atoms with E-state index in [1.54, 1.807) is 7.05 Å². The molecule has 2 atom stereocenters. The second kappa shape index (κ2) is 2.47. The fraction of sp³-hybridized carbons (Fsp3) is 0.636. The molecular formula is C11H15NO2. The zero-order chi connectivity index (χ0) is 10.6. The summed E-state index contributed by atoms with van der Waals surface area (Å²) in [6.45, 7) is 3.81. The molecule has 1 fully saturated rings. The number of allylic oxidation sites excluding steroid dienone is 2. The van der Waals surface area contributed by atoms with E-state index in [9.17, 15) is 9.59 Å². The molecule has 1 saturated heterocycles. The van der Waals surface area contributed by atoms with E-state index in [2.05, 4.69) is 0 Å². The van der Waals surface area contributed by atoms with Crippen molar-refractivity contribution in [2.24, 2.45) is 10.8 Å². The van der Waals surface area contributed by atoms with Gasteiger partial charge in [0.1, 0.15) is 0 Å². The predicted octanol–water partition coefficient (Wildman–Crippen LogP) is 1.35. The fourth-order valence-corrected chi connectivity index (χ4v) is 2.57. The van der Waals surface area contributed by atoms with Gasteiger partial charge in [-0.05, 0) is 26.7 Å². The van der Waals surface area contributed by atoms with Crippen LogP contribution in [0, 0.1) is 10.8 Å². The fourth-order valence-electron chi connectivity index (χ4n) is 2.57. The Labute approximate surface area is 83.8 Å². The first-order valence-corrected chi connectivity index (χ1v) is 4.91. The number of imide groups is 1. The van der Waals surface area contributed by atoms with Crippen LogP contribution in [0.5, 0.6) is 0 Å². The van der Waals surface area contributed by atoms with Gasteiger partial charge in [-0.15, -0.1) is 0 Å². The normalized spacial score (nSPS) is 41.8. The van der Waals surface area contributed by atoms with Crippen LogP contribution in [0.3, 0.4) is 0 Å². The molecule has 0 radical (unpaired) electrons. The van der Waals surface area contributed by atoms with Gasteiger partial charge in [0.15, 0.2) is 0 Å². The van der Waals surface area contributed by atoms with Crippen molar-refractivity contribution >= 4 is 11.8 Å². The lowest BCUT2D eigenvalue weighted by atomic mass is 9.61. The highest BCUT2D eigenvalue weighted by molar-refractivity contribution is 6.09. The van der Waals surface area contributed by atoms with Crippen LogP contribution in [-0.2, 0) is 9.59 Å². The molecule has 0 unspecified atom stereocenters. The standard InChI is InChI=1S/C11H15NO2/c1-10-6-4-5-7-11(10,2)9(14)12(3)8(10)13/h4-5H,6-7H2,1-3H3/t10-,11+. The Hall–Kier alpha value is -1.12. The largest absolute Gasteiger partial charge is 0.285 e. The summed E-state index contributed by atoms with van der Waals surface area (Å²) in [6, 6.07) is 0. The Balaban J connectivity index is 2.57. The van der Waals surface area contributed by atoms with Gasteiger partial charge in [-0.1, -0.05) is 12.2 Å². The molecular weight excluding hydrogens is 178 g/mol. The zero-order valence-electron chi connectivity index (χ0n) is 8.83. The summed E-state index contributed by atoms with van der Waals surface area (Å²) in [7, 11) is 1.58. The number of hydrogen-bond donors (Lipinski definition) is 0. The zero-order valence-corrected chi connectivity index (χ0v) is 8.83. The summed E-state index contributed by atoms with van der Waals surface area (Å²) in [6.07, 6.45) is 5.37. The molecule has 0 aromatic rings. The third-order valence-corrected chi connectivity index (χ3v) is 3.99. The molecule has 14 heavy (non-hydrogen) atoms. The van der Waals surface area contributed by atoms with Crippen molar-refractivity contribution in [2.45, 2.75) is 26.7 Å². The van der Waals surface area contributed by atoms with Crippen molar-refractivity contribution in [3.8, 4) is 0 Å². The summed E-state index contributed by atoms with van der Waals surface area (Å²) in [5.74, 6) is -0.0660. The average Bonchev–Trinajstić information content (AvgIpc) is 2.30. The third-order valence-electron chi connectivity index (χ3n) is 3.99. The van der Waals surface area contributed by atoms with Gasteiger partial charge in [-0.2, -0.15) is 0 Å². The second-order valence-electron chi connectivity index (χ2n) is 4.71. The Morgan fingerprint density at radius 2 is 1.43 bits per heavy atom. The minimum absolute atomic E-state index is 0.0330. The van der Waals surface area contributed by atoms with Crippen molar-refractivity contribution in [1.29, 1.82) is 0 Å². The van der Waals surface area contributed by atoms with Gasteiger partial charge in [0.25, 0.3) is 0 Å². The van der Waals surface area contributed by atoms with Gasteiger partial charge in [0.05, 0.1) is 10.8 Å². The van der Waals surface area contributed by atoms with E-state index in [1.807, 2.05) is 26.0 Å². The molecule has 0 aromatic carbocycles. The number of fused-ring (bicyclic) bond motifs is 1. The highest BCUT2D eigenvalue weighted by atomic mass is 16.2. The van der Waals surface area contributed by atoms with Crippen LogP contribution in [0.4, 0.5) is 0 Å². The molecule has 1 aliphatic heterocycles. The van der Waals surface area contributed by atoms with Gasteiger partial charge in [-0.25, -0.2) is 0 Å². The number of carbonyl (C=O) groups is 2. The highest BCUT2D eigenvalue weighted by Crippen LogP contribution is 2.54. The molecule has 1 heterocycles. The monoisotopic (exact) mass is 193 g/mol. The van der Waals surface area contributed by atoms with Crippen LogP contribution in [0.1, 0.15) is 26.7 Å². The summed E-state index contributed by atoms with van der Waals surface area (Å²) in [5.41, 5.74) is -1.04. The molecule has 0 N–H and O–H groups in total. The van der Waals surface area contributed by atoms with Crippen LogP contribution < -0.4 is 0 Å². The summed E-state index contributed by atoms with van der Waals surface area (Å²) < 4.78 is 0. The lowest BCUT2D eigenvalue weighted by molar-refractivity contribution is -0.139. The van der Waals surface area contributed by atoms with Crippen molar-refractivity contribution in [3.63, 3.8) is 0 Å². The molecule has 0 bridgehead atoms. The molecule has 2 aliphatic rings. The predicted molar refractivity (Wildman–Crippen MR) is 52.4 cm³/mol. The lowest BCUT2D eigenvalue weighted by Crippen LogP contribution is -2.41. The van der Waals surface area contributed by atoms with Gasteiger partial charge in [0, 0.05) is 7.05 Å². The topological polar surface area (TPSA) is 37.4 Å². The average molecular weight is 193 g/mol. The minimum Gasteiger partial charge on any atom is -0.285 e. The van der Waals surface area contributed by atoms with Crippen molar-refractivity contribution in [3.05, 3.63) is 12.2 Å². The Bertz CT molecular complexity index is 315. The number of nitrogens with zero attached hydrogens (tertiary/aromatic N) is 1. The third kappa shape index (κ3) is 0.781. The minimum atomic E-state index is -0.520. The highest BCUT2D eigenvalue weighted by Gasteiger charge is 2.62. The molecule has 2 rings (SSSR count). The van der Waals surface area contributed by atoms with E-state index < -0.39 is 10.8 Å². The first-order valence-electron chi connectivity index (χ1n) is 4.91. The van der Waals surface area contributed by atoms with Crippen LogP contribution in [0.2, 0.25) is 0 Å². The van der Waals surface area contributed by atoms with E-state index in [4.69, 9.17) is 0 Å². The molecule has 2 amide bonds. The van der Waals surface area contributed by atoms with Gasteiger partial charge >= 0.3 is 0 Å². The number of carbonyl (C=O) groups excluding carboxylic acids is 2. The lowest BCUT2D eigenvalue weighted by Gasteiger charge is -2.37. The number of rotatable bonds is 0. The summed E-state index contributed by atoms with van der Waals surface area (Å²) in [4.78, 5) is 25.2. The molecule has 3 nitrogen and oxygen atoms in total. The first kappa shape index (κ1) is 9.44. The van der Waals surface area contributed by atoms with Crippen molar-refractivity contribution in [1.82, 2.24) is 4.90 Å². The summed E-state index contributed by atoms with van der Waals surface area (Å²) >= 11 is 0. The number of likely N-dealkylation sites (tertiary alicyclic amines) is 1. The van der Waals surface area contributed by atoms with Crippen molar-refractivity contribution < 1.29 is 9.59 Å². The Kier molecular flexibility index (Phi) is 1.66. The van der Waals surface area contributed by atoms with E-state index in [0.717, 1.165) is 0 Å². The van der Waals surface area contributed by atoms with E-state index in [-0.39, 0.29) is 11.8 Å². The summed E-state index contributed by atoms with van der Waals surface area (Å²) in [5, 5.41) is 0. The molecule has 1 aliphatic carbocycles. The van der Waals surface area contributed by atoms with Crippen LogP contribution in [0.25, 0.3) is 0 Å². The van der Waals surface area contributed by atoms with Crippen LogP contribution >= 0.6 is 0 Å². The molecule has 3 heteroatoms. The van der Waals surface area contributed by atoms with E-state index in [0.29, 0.717) is 12.8 Å². The first-order chi connectivity index (χ1) is 6.43. The Morgan fingerprint density at radius 1 is 1.07 bits per heavy atom. The van der Waals surface area contributed by atoms with E-state index in [1.165, 1.54) is 4.90 Å². The van der Waals surface area contributed by atoms with Gasteiger partial charge < -0.3 is 0 Å². The van der Waals surface area contributed by atoms with Crippen LogP contribution in [-0.4, -0.2) is 23.8 Å². The molecule has 0 saturated carbocycles. The van der Waals surface area contributed by atoms with Crippen LogP contribution in [0.15, 0.2) is 12.2 Å². The maximum atomic E-state index is 11.9. The quantitative estimate of drug-likeness (QED) is 0.430. The molecule has 0 spiro atoms. The van der Waals surface area contributed by atoms with Crippen molar-refractivity contribution in [2.75, 3.05) is 7.05 Å². The molecule has 76 valence electrons. The SMILES string of the molecule is CN1C(=O)[C@]2(C)CC=CC[C@]2(C)C1=O. The Morgan fingerprint density at radius 3 is 1.79 bits per heavy atom. The van der Waals surface area contributed by atoms with Gasteiger partial charge in [0.2, 0.25) is 11.8 Å². The smallest absolute Gasteiger partial charge is 0.236 e.